The first-order valence-electron chi connectivity index (χ1n) is 10.1. The van der Waals surface area contributed by atoms with Crippen molar-refractivity contribution in [1.29, 1.82) is 0 Å². The minimum absolute atomic E-state index is 0.0162. The molecule has 0 spiro atoms. The van der Waals surface area contributed by atoms with Crippen LogP contribution in [0.4, 0.5) is 15.9 Å². The van der Waals surface area contributed by atoms with E-state index in [1.807, 2.05) is 30.3 Å². The van der Waals surface area contributed by atoms with Crippen molar-refractivity contribution in [3.63, 3.8) is 0 Å². The third kappa shape index (κ3) is 3.63. The molecule has 2 aliphatic heterocycles. The lowest BCUT2D eigenvalue weighted by molar-refractivity contribution is -0.0384. The SMILES string of the molecule is C[C@H]1O[C@@H](n2nc(-c3ccccc3)c3c2N=CN(Nc2ccc(F)c(Cl)c2)C3)[C@H](O)[C@@H]1O. The number of benzene rings is 2. The van der Waals surface area contributed by atoms with E-state index in [4.69, 9.17) is 21.4 Å². The van der Waals surface area contributed by atoms with E-state index in [0.29, 0.717) is 23.7 Å². The molecule has 3 heterocycles. The Bertz CT molecular complexity index is 1170. The highest BCUT2D eigenvalue weighted by Crippen LogP contribution is 2.39. The van der Waals surface area contributed by atoms with Gasteiger partial charge in [0.1, 0.15) is 24.4 Å². The van der Waals surface area contributed by atoms with Gasteiger partial charge in [-0.25, -0.2) is 14.1 Å². The number of aliphatic hydroxyl groups excluding tert-OH is 2. The molecule has 3 aromatic rings. The predicted octanol–water partition coefficient (Wildman–Crippen LogP) is 3.48. The van der Waals surface area contributed by atoms with Crippen molar-refractivity contribution in [2.75, 3.05) is 5.43 Å². The first-order valence-corrected chi connectivity index (χ1v) is 10.5. The zero-order valence-electron chi connectivity index (χ0n) is 17.1. The monoisotopic (exact) mass is 457 g/mol. The van der Waals surface area contributed by atoms with Crippen molar-refractivity contribution in [3.05, 3.63) is 64.9 Å². The Morgan fingerprint density at radius 1 is 1.16 bits per heavy atom. The molecule has 0 amide bonds. The fourth-order valence-corrected chi connectivity index (χ4v) is 4.09. The predicted molar refractivity (Wildman–Crippen MR) is 118 cm³/mol. The topological polar surface area (TPSA) is 95.1 Å². The summed E-state index contributed by atoms with van der Waals surface area (Å²) in [7, 11) is 0. The molecule has 3 N–H and O–H groups in total. The van der Waals surface area contributed by atoms with Gasteiger partial charge in [-0.2, -0.15) is 5.10 Å². The molecule has 2 aliphatic rings. The van der Waals surface area contributed by atoms with Crippen LogP contribution in [0.15, 0.2) is 53.5 Å². The van der Waals surface area contributed by atoms with Crippen LogP contribution in [0.2, 0.25) is 5.02 Å². The summed E-state index contributed by atoms with van der Waals surface area (Å²) in [5, 5.41) is 27.1. The number of fused-ring (bicyclic) bond motifs is 1. The highest BCUT2D eigenvalue weighted by atomic mass is 35.5. The van der Waals surface area contributed by atoms with E-state index >= 15 is 0 Å². The fraction of sp³-hybridized carbons (Fsp3) is 0.273. The van der Waals surface area contributed by atoms with Gasteiger partial charge in [-0.05, 0) is 25.1 Å². The summed E-state index contributed by atoms with van der Waals surface area (Å²) in [6.07, 6.45) is -1.98. The smallest absolute Gasteiger partial charge is 0.181 e. The van der Waals surface area contributed by atoms with Crippen LogP contribution in [0.5, 0.6) is 0 Å². The zero-order chi connectivity index (χ0) is 22.4. The lowest BCUT2D eigenvalue weighted by Gasteiger charge is -2.25. The average Bonchev–Trinajstić information content (AvgIpc) is 3.29. The molecule has 0 unspecified atom stereocenters. The van der Waals surface area contributed by atoms with Gasteiger partial charge < -0.3 is 14.9 Å². The molecule has 2 aromatic carbocycles. The number of aromatic nitrogens is 2. The third-order valence-corrected chi connectivity index (χ3v) is 5.88. The maximum atomic E-state index is 13.5. The largest absolute Gasteiger partial charge is 0.388 e. The highest BCUT2D eigenvalue weighted by molar-refractivity contribution is 6.31. The maximum absolute atomic E-state index is 13.5. The van der Waals surface area contributed by atoms with Crippen LogP contribution in [0.25, 0.3) is 11.3 Å². The quantitative estimate of drug-likeness (QED) is 0.555. The van der Waals surface area contributed by atoms with Gasteiger partial charge in [-0.15, -0.1) is 0 Å². The summed E-state index contributed by atoms with van der Waals surface area (Å²) < 4.78 is 20.8. The molecular weight excluding hydrogens is 437 g/mol. The number of ether oxygens (including phenoxy) is 1. The number of hydrogen-bond donors (Lipinski definition) is 3. The molecule has 1 fully saturated rings. The number of halogens is 2. The minimum atomic E-state index is -1.13. The van der Waals surface area contributed by atoms with E-state index in [9.17, 15) is 14.6 Å². The van der Waals surface area contributed by atoms with E-state index in [0.717, 1.165) is 11.1 Å². The number of aliphatic hydroxyl groups is 2. The van der Waals surface area contributed by atoms with E-state index in [2.05, 4.69) is 10.4 Å². The normalized spacial score (nSPS) is 24.6. The number of rotatable bonds is 4. The summed E-state index contributed by atoms with van der Waals surface area (Å²) >= 11 is 5.89. The molecule has 10 heteroatoms. The van der Waals surface area contributed by atoms with E-state index in [1.54, 1.807) is 24.3 Å². The van der Waals surface area contributed by atoms with Crippen LogP contribution in [-0.4, -0.2) is 49.7 Å². The van der Waals surface area contributed by atoms with Crippen LogP contribution in [0.1, 0.15) is 18.7 Å². The van der Waals surface area contributed by atoms with Crippen molar-refractivity contribution in [2.45, 2.75) is 38.0 Å². The van der Waals surface area contributed by atoms with Gasteiger partial charge in [0.2, 0.25) is 0 Å². The Labute approximate surface area is 188 Å². The summed E-state index contributed by atoms with van der Waals surface area (Å²) in [5.74, 6) is 0.0374. The molecule has 0 bridgehead atoms. The van der Waals surface area contributed by atoms with Crippen LogP contribution >= 0.6 is 11.6 Å². The highest BCUT2D eigenvalue weighted by Gasteiger charge is 2.43. The Morgan fingerprint density at radius 2 is 1.94 bits per heavy atom. The van der Waals surface area contributed by atoms with Gasteiger partial charge in [0.05, 0.1) is 29.1 Å². The van der Waals surface area contributed by atoms with Gasteiger partial charge in [-0.1, -0.05) is 41.9 Å². The number of hydrazine groups is 1. The molecule has 8 nitrogen and oxygen atoms in total. The van der Waals surface area contributed by atoms with Gasteiger partial charge in [-0.3, -0.25) is 10.4 Å². The number of nitrogens with zero attached hydrogens (tertiary/aromatic N) is 4. The Balaban J connectivity index is 1.51. The third-order valence-electron chi connectivity index (χ3n) is 5.59. The van der Waals surface area contributed by atoms with Crippen LogP contribution in [0.3, 0.4) is 0 Å². The van der Waals surface area contributed by atoms with E-state index in [-0.39, 0.29) is 5.02 Å². The van der Waals surface area contributed by atoms with Gasteiger partial charge in [0, 0.05) is 11.1 Å². The molecular formula is C22H21ClFN5O3. The molecule has 5 rings (SSSR count). The molecule has 0 aliphatic carbocycles. The van der Waals surface area contributed by atoms with E-state index < -0.39 is 30.4 Å². The van der Waals surface area contributed by atoms with Crippen molar-refractivity contribution in [2.24, 2.45) is 4.99 Å². The number of anilines is 1. The Morgan fingerprint density at radius 3 is 2.62 bits per heavy atom. The average molecular weight is 458 g/mol. The molecule has 1 saturated heterocycles. The molecule has 0 saturated carbocycles. The Kier molecular flexibility index (Phi) is 5.34. The molecule has 0 radical (unpaired) electrons. The van der Waals surface area contributed by atoms with Crippen LogP contribution in [-0.2, 0) is 11.3 Å². The number of hydrogen-bond acceptors (Lipinski definition) is 7. The lowest BCUT2D eigenvalue weighted by Crippen LogP contribution is -2.32. The van der Waals surface area contributed by atoms with Crippen LogP contribution < -0.4 is 5.43 Å². The summed E-state index contributed by atoms with van der Waals surface area (Å²) in [6, 6.07) is 14.0. The summed E-state index contributed by atoms with van der Waals surface area (Å²) in [4.78, 5) is 4.54. The fourth-order valence-electron chi connectivity index (χ4n) is 3.91. The number of aliphatic imine (C=N–C) groups is 1. The summed E-state index contributed by atoms with van der Waals surface area (Å²) in [5.41, 5.74) is 6.12. The van der Waals surface area contributed by atoms with Crippen molar-refractivity contribution < 1.29 is 19.3 Å². The second kappa shape index (κ2) is 8.18. The molecule has 166 valence electrons. The van der Waals surface area contributed by atoms with Gasteiger partial charge in [0.15, 0.2) is 12.0 Å². The van der Waals surface area contributed by atoms with Crippen molar-refractivity contribution in [3.8, 4) is 11.3 Å². The second-order valence-corrected chi connectivity index (χ2v) is 8.19. The lowest BCUT2D eigenvalue weighted by atomic mass is 10.1. The molecule has 1 aromatic heterocycles. The van der Waals surface area contributed by atoms with Crippen molar-refractivity contribution >= 4 is 29.4 Å². The first-order chi connectivity index (χ1) is 15.4. The van der Waals surface area contributed by atoms with Crippen LogP contribution in [0, 0.1) is 5.82 Å². The first kappa shape index (κ1) is 20.9. The van der Waals surface area contributed by atoms with Crippen molar-refractivity contribution in [1.82, 2.24) is 14.8 Å². The van der Waals surface area contributed by atoms with Gasteiger partial charge >= 0.3 is 0 Å². The number of nitrogens with one attached hydrogen (secondary N) is 1. The molecule has 32 heavy (non-hydrogen) atoms. The zero-order valence-corrected chi connectivity index (χ0v) is 17.8. The second-order valence-electron chi connectivity index (χ2n) is 7.79. The maximum Gasteiger partial charge on any atom is 0.181 e. The standard InChI is InChI=1S/C22H21ClFN5O3/c1-12-19(30)20(31)22(32-12)29-21-15(18(27-29)13-5-3-2-4-6-13)10-28(11-25-21)26-14-7-8-17(24)16(23)9-14/h2-9,11-12,19-20,22,26,30-31H,10H2,1H3/t12-,19-,20-,22-/m1/s1. The van der Waals surface area contributed by atoms with E-state index in [1.165, 1.54) is 16.8 Å². The van der Waals surface area contributed by atoms with Gasteiger partial charge in [0.25, 0.3) is 0 Å². The summed E-state index contributed by atoms with van der Waals surface area (Å²) in [6.45, 7) is 2.09. The Hall–Kier alpha value is -2.98. The molecule has 4 atom stereocenters. The minimum Gasteiger partial charge on any atom is -0.388 e.